The molecule has 0 aliphatic rings. The Hall–Kier alpha value is -2.53. The van der Waals surface area contributed by atoms with Crippen LogP contribution in [-0.2, 0) is 0 Å². The Labute approximate surface area is 118 Å². The second-order valence-corrected chi connectivity index (χ2v) is 4.86. The maximum atomic E-state index is 5.93. The fraction of sp³-hybridized carbons (Fsp3) is 0. The van der Waals surface area contributed by atoms with Crippen molar-refractivity contribution in [2.24, 2.45) is 0 Å². The van der Waals surface area contributed by atoms with Crippen molar-refractivity contribution in [3.05, 3.63) is 47.7 Å². The summed E-state index contributed by atoms with van der Waals surface area (Å²) in [6.45, 7) is 0. The molecule has 3 aromatic heterocycles. The van der Waals surface area contributed by atoms with Gasteiger partial charge < -0.3 is 10.2 Å². The van der Waals surface area contributed by atoms with E-state index in [1.54, 1.807) is 28.9 Å². The zero-order valence-electron chi connectivity index (χ0n) is 10.2. The molecule has 0 aliphatic heterocycles. The highest BCUT2D eigenvalue weighted by Crippen LogP contribution is 2.29. The van der Waals surface area contributed by atoms with E-state index in [0.29, 0.717) is 22.2 Å². The second kappa shape index (κ2) is 3.98. The van der Waals surface area contributed by atoms with Crippen LogP contribution in [0.15, 0.2) is 47.0 Å². The second-order valence-electron chi connectivity index (χ2n) is 4.48. The lowest BCUT2D eigenvalue weighted by Crippen LogP contribution is -1.93. The normalized spacial score (nSPS) is 11.4. The molecule has 0 atom stereocenters. The average Bonchev–Trinajstić information content (AvgIpc) is 3.00. The van der Waals surface area contributed by atoms with Crippen LogP contribution in [0.25, 0.3) is 28.1 Å². The fourth-order valence-electron chi connectivity index (χ4n) is 2.21. The van der Waals surface area contributed by atoms with E-state index in [0.717, 1.165) is 16.7 Å². The molecule has 0 unspecified atom stereocenters. The lowest BCUT2D eigenvalue weighted by Gasteiger charge is -1.97. The lowest BCUT2D eigenvalue weighted by molar-refractivity contribution is 0.625. The molecule has 0 amide bonds. The molecular weight excluding hydrogens is 276 g/mol. The van der Waals surface area contributed by atoms with E-state index < -0.39 is 0 Å². The van der Waals surface area contributed by atoms with Gasteiger partial charge in [0, 0.05) is 11.1 Å². The fourth-order valence-corrected chi connectivity index (χ4v) is 2.35. The van der Waals surface area contributed by atoms with Crippen LogP contribution in [0, 0.1) is 0 Å². The number of aromatic nitrogens is 3. The molecule has 0 aliphatic carbocycles. The van der Waals surface area contributed by atoms with Crippen LogP contribution in [0.4, 0.5) is 5.69 Å². The number of nitrogen functional groups attached to an aromatic ring is 1. The maximum absolute atomic E-state index is 5.93. The summed E-state index contributed by atoms with van der Waals surface area (Å²) in [6, 6.07) is 10.9. The van der Waals surface area contributed by atoms with Gasteiger partial charge in [0.25, 0.3) is 0 Å². The Morgan fingerprint density at radius 2 is 2.05 bits per heavy atom. The molecule has 0 fully saturated rings. The molecule has 4 rings (SSSR count). The van der Waals surface area contributed by atoms with Crippen molar-refractivity contribution in [3.8, 4) is 11.5 Å². The predicted molar refractivity (Wildman–Crippen MR) is 77.6 cm³/mol. The smallest absolute Gasteiger partial charge is 0.155 e. The molecule has 0 radical (unpaired) electrons. The standard InChI is InChI=1S/C14H9ClN4O/c15-13-3-4-14-17-7-10(19(14)18-13)12-6-8-5-9(16)1-2-11(8)20-12/h1-7H,16H2. The highest BCUT2D eigenvalue weighted by atomic mass is 35.5. The van der Waals surface area contributed by atoms with Gasteiger partial charge in [0.05, 0.1) is 6.20 Å². The molecular formula is C14H9ClN4O. The van der Waals surface area contributed by atoms with Crippen molar-refractivity contribution >= 4 is 33.9 Å². The number of halogens is 1. The van der Waals surface area contributed by atoms with E-state index in [9.17, 15) is 0 Å². The van der Waals surface area contributed by atoms with E-state index in [1.807, 2.05) is 18.2 Å². The van der Waals surface area contributed by atoms with Crippen molar-refractivity contribution in [2.75, 3.05) is 5.73 Å². The summed E-state index contributed by atoms with van der Waals surface area (Å²) < 4.78 is 7.47. The molecule has 0 spiro atoms. The third-order valence-electron chi connectivity index (χ3n) is 3.12. The number of rotatable bonds is 1. The van der Waals surface area contributed by atoms with Crippen molar-refractivity contribution in [3.63, 3.8) is 0 Å². The quantitative estimate of drug-likeness (QED) is 0.544. The Balaban J connectivity index is 1.98. The first-order chi connectivity index (χ1) is 9.70. The van der Waals surface area contributed by atoms with Crippen molar-refractivity contribution in [1.82, 2.24) is 14.6 Å². The van der Waals surface area contributed by atoms with Crippen LogP contribution in [0.3, 0.4) is 0 Å². The predicted octanol–water partition coefficient (Wildman–Crippen LogP) is 3.38. The van der Waals surface area contributed by atoms with E-state index in [4.69, 9.17) is 21.8 Å². The summed E-state index contributed by atoms with van der Waals surface area (Å²) in [5.74, 6) is 0.674. The lowest BCUT2D eigenvalue weighted by atomic mass is 10.2. The minimum atomic E-state index is 0.400. The minimum Gasteiger partial charge on any atom is -0.454 e. The van der Waals surface area contributed by atoms with Gasteiger partial charge in [-0.15, -0.1) is 0 Å². The van der Waals surface area contributed by atoms with Crippen LogP contribution >= 0.6 is 11.6 Å². The molecule has 6 heteroatoms. The summed E-state index contributed by atoms with van der Waals surface area (Å²) in [5.41, 5.74) is 8.70. The summed E-state index contributed by atoms with van der Waals surface area (Å²) in [4.78, 5) is 4.28. The van der Waals surface area contributed by atoms with Gasteiger partial charge in [-0.05, 0) is 36.4 Å². The van der Waals surface area contributed by atoms with Gasteiger partial charge in [0.2, 0.25) is 0 Å². The van der Waals surface area contributed by atoms with Gasteiger partial charge in [-0.2, -0.15) is 5.10 Å². The molecule has 3 heterocycles. The molecule has 20 heavy (non-hydrogen) atoms. The van der Waals surface area contributed by atoms with Crippen molar-refractivity contribution < 1.29 is 4.42 Å². The Morgan fingerprint density at radius 1 is 1.15 bits per heavy atom. The zero-order valence-corrected chi connectivity index (χ0v) is 11.0. The van der Waals surface area contributed by atoms with E-state index >= 15 is 0 Å². The number of benzene rings is 1. The van der Waals surface area contributed by atoms with Crippen LogP contribution in [0.5, 0.6) is 0 Å². The minimum absolute atomic E-state index is 0.400. The molecule has 98 valence electrons. The third kappa shape index (κ3) is 1.64. The number of hydrogen-bond acceptors (Lipinski definition) is 4. The molecule has 4 aromatic rings. The summed E-state index contributed by atoms with van der Waals surface area (Å²) in [5, 5.41) is 5.58. The van der Waals surface area contributed by atoms with Crippen LogP contribution < -0.4 is 5.73 Å². The Kier molecular flexibility index (Phi) is 2.25. The van der Waals surface area contributed by atoms with Crippen molar-refractivity contribution in [2.45, 2.75) is 0 Å². The van der Waals surface area contributed by atoms with E-state index in [2.05, 4.69) is 10.1 Å². The van der Waals surface area contributed by atoms with Gasteiger partial charge >= 0.3 is 0 Å². The monoisotopic (exact) mass is 284 g/mol. The molecule has 0 saturated carbocycles. The molecule has 0 saturated heterocycles. The molecule has 5 nitrogen and oxygen atoms in total. The van der Waals surface area contributed by atoms with Gasteiger partial charge in [-0.3, -0.25) is 0 Å². The number of fused-ring (bicyclic) bond motifs is 2. The third-order valence-corrected chi connectivity index (χ3v) is 3.32. The van der Waals surface area contributed by atoms with Gasteiger partial charge in [0.1, 0.15) is 16.4 Å². The Bertz CT molecular complexity index is 941. The average molecular weight is 285 g/mol. The van der Waals surface area contributed by atoms with Gasteiger partial charge in [-0.1, -0.05) is 11.6 Å². The van der Waals surface area contributed by atoms with Crippen molar-refractivity contribution in [1.29, 1.82) is 0 Å². The Morgan fingerprint density at radius 3 is 2.95 bits per heavy atom. The van der Waals surface area contributed by atoms with E-state index in [-0.39, 0.29) is 0 Å². The number of nitrogens with two attached hydrogens (primary N) is 1. The number of imidazole rings is 1. The molecule has 1 aromatic carbocycles. The molecule has 2 N–H and O–H groups in total. The number of hydrogen-bond donors (Lipinski definition) is 1. The number of anilines is 1. The highest BCUT2D eigenvalue weighted by molar-refractivity contribution is 6.29. The van der Waals surface area contributed by atoms with Crippen LogP contribution in [0.2, 0.25) is 5.15 Å². The topological polar surface area (TPSA) is 69.3 Å². The van der Waals surface area contributed by atoms with Crippen LogP contribution in [-0.4, -0.2) is 14.6 Å². The largest absolute Gasteiger partial charge is 0.454 e. The van der Waals surface area contributed by atoms with E-state index in [1.165, 1.54) is 0 Å². The summed E-state index contributed by atoms with van der Waals surface area (Å²) in [7, 11) is 0. The summed E-state index contributed by atoms with van der Waals surface area (Å²) >= 11 is 5.93. The number of furan rings is 1. The van der Waals surface area contributed by atoms with Gasteiger partial charge in [-0.25, -0.2) is 9.50 Å². The maximum Gasteiger partial charge on any atom is 0.155 e. The highest BCUT2D eigenvalue weighted by Gasteiger charge is 2.12. The number of nitrogens with zero attached hydrogens (tertiary/aromatic N) is 3. The zero-order chi connectivity index (χ0) is 13.7. The SMILES string of the molecule is Nc1ccc2oc(-c3cnc4ccc(Cl)nn34)cc2c1. The van der Waals surface area contributed by atoms with Crippen LogP contribution in [0.1, 0.15) is 0 Å². The first kappa shape index (κ1) is 11.3. The first-order valence-electron chi connectivity index (χ1n) is 6.00. The first-order valence-corrected chi connectivity index (χ1v) is 6.38. The summed E-state index contributed by atoms with van der Waals surface area (Å²) in [6.07, 6.45) is 1.71. The molecule has 0 bridgehead atoms. The van der Waals surface area contributed by atoms with Gasteiger partial charge in [0.15, 0.2) is 11.4 Å².